The van der Waals surface area contributed by atoms with Crippen molar-refractivity contribution in [2.45, 2.75) is 44.6 Å². The number of imidazole rings is 1. The zero-order valence-corrected chi connectivity index (χ0v) is 18.6. The normalized spacial score (nSPS) is 20.9. The highest BCUT2D eigenvalue weighted by atomic mass is 32.2. The first-order valence-corrected chi connectivity index (χ1v) is 12.1. The predicted octanol–water partition coefficient (Wildman–Crippen LogP) is 1.25. The molecule has 3 heterocycles. The number of rotatable bonds is 6. The van der Waals surface area contributed by atoms with Crippen molar-refractivity contribution in [2.24, 2.45) is 0 Å². The van der Waals surface area contributed by atoms with Gasteiger partial charge in [-0.3, -0.25) is 4.79 Å². The van der Waals surface area contributed by atoms with E-state index in [1.54, 1.807) is 20.2 Å². The molecule has 1 aromatic carbocycles. The fourth-order valence-electron chi connectivity index (χ4n) is 4.27. The lowest BCUT2D eigenvalue weighted by molar-refractivity contribution is -0.171. The SMILES string of the molecule is CCS(=O)(=O)N1CCC2(CC1)O[C@@H](C(=O)NCc1cccc(OC)c1)Cn1ccnc12. The molecule has 2 aliphatic rings. The second kappa shape index (κ2) is 8.60. The topological polar surface area (TPSA) is 103 Å². The van der Waals surface area contributed by atoms with Crippen LogP contribution >= 0.6 is 0 Å². The summed E-state index contributed by atoms with van der Waals surface area (Å²) in [7, 11) is -1.65. The number of methoxy groups -OCH3 is 1. The van der Waals surface area contributed by atoms with Crippen molar-refractivity contribution in [1.29, 1.82) is 0 Å². The first kappa shape index (κ1) is 21.8. The lowest BCUT2D eigenvalue weighted by atomic mass is 9.89. The predicted molar refractivity (Wildman–Crippen MR) is 114 cm³/mol. The highest BCUT2D eigenvalue weighted by Crippen LogP contribution is 2.40. The fourth-order valence-corrected chi connectivity index (χ4v) is 5.37. The third kappa shape index (κ3) is 4.32. The molecule has 4 rings (SSSR count). The van der Waals surface area contributed by atoms with Crippen LogP contribution in [0.4, 0.5) is 0 Å². The van der Waals surface area contributed by atoms with Crippen molar-refractivity contribution in [3.63, 3.8) is 0 Å². The van der Waals surface area contributed by atoms with Gasteiger partial charge in [-0.1, -0.05) is 12.1 Å². The standard InChI is InChI=1S/C21H28N4O5S/c1-3-31(27,28)25-10-7-21(8-11-25)20-22-9-12-24(20)15-18(30-21)19(26)23-14-16-5-4-6-17(13-16)29-2/h4-6,9,12-13,18H,3,7-8,10-11,14-15H2,1-2H3,(H,23,26)/t18-/m1/s1. The van der Waals surface area contributed by atoms with Gasteiger partial charge in [0.05, 0.1) is 19.4 Å². The van der Waals surface area contributed by atoms with E-state index in [0.29, 0.717) is 39.0 Å². The van der Waals surface area contributed by atoms with Crippen LogP contribution < -0.4 is 10.1 Å². The number of nitrogens with one attached hydrogen (secondary N) is 1. The maximum absolute atomic E-state index is 12.9. The zero-order chi connectivity index (χ0) is 22.1. The van der Waals surface area contributed by atoms with Gasteiger partial charge in [0.1, 0.15) is 17.2 Å². The Morgan fingerprint density at radius 1 is 1.35 bits per heavy atom. The van der Waals surface area contributed by atoms with Gasteiger partial charge in [-0.2, -0.15) is 0 Å². The zero-order valence-electron chi connectivity index (χ0n) is 17.8. The molecular formula is C21H28N4O5S. The molecule has 9 nitrogen and oxygen atoms in total. The highest BCUT2D eigenvalue weighted by Gasteiger charge is 2.48. The third-order valence-electron chi connectivity index (χ3n) is 6.03. The molecule has 0 bridgehead atoms. The number of sulfonamides is 1. The first-order chi connectivity index (χ1) is 14.9. The number of amides is 1. The summed E-state index contributed by atoms with van der Waals surface area (Å²) in [4.78, 5) is 17.4. The summed E-state index contributed by atoms with van der Waals surface area (Å²) in [5.41, 5.74) is 0.166. The number of hydrogen-bond donors (Lipinski definition) is 1. The van der Waals surface area contributed by atoms with E-state index in [0.717, 1.165) is 17.1 Å². The van der Waals surface area contributed by atoms with Crippen LogP contribution in [0.2, 0.25) is 0 Å². The number of hydrogen-bond acceptors (Lipinski definition) is 6. The Kier molecular flexibility index (Phi) is 6.05. The summed E-state index contributed by atoms with van der Waals surface area (Å²) in [5, 5.41) is 2.95. The number of ether oxygens (including phenoxy) is 2. The van der Waals surface area contributed by atoms with Crippen molar-refractivity contribution >= 4 is 15.9 Å². The van der Waals surface area contributed by atoms with Gasteiger partial charge in [0.2, 0.25) is 10.0 Å². The number of carbonyl (C=O) groups is 1. The van der Waals surface area contributed by atoms with Crippen molar-refractivity contribution in [3.8, 4) is 5.75 Å². The number of nitrogens with zero attached hydrogens (tertiary/aromatic N) is 3. The average Bonchev–Trinajstić information content (AvgIpc) is 3.28. The molecule has 0 unspecified atom stereocenters. The van der Waals surface area contributed by atoms with Gasteiger partial charge >= 0.3 is 0 Å². The number of fused-ring (bicyclic) bond motifs is 2. The summed E-state index contributed by atoms with van der Waals surface area (Å²) in [5.74, 6) is 1.37. The maximum atomic E-state index is 12.9. The van der Waals surface area contributed by atoms with Gasteiger partial charge in [-0.25, -0.2) is 17.7 Å². The van der Waals surface area contributed by atoms with Crippen LogP contribution in [0.15, 0.2) is 36.7 Å². The van der Waals surface area contributed by atoms with Crippen molar-refractivity contribution < 1.29 is 22.7 Å². The van der Waals surface area contributed by atoms with Crippen molar-refractivity contribution in [2.75, 3.05) is 26.0 Å². The fraction of sp³-hybridized carbons (Fsp3) is 0.524. The molecule has 2 aromatic rings. The molecule has 2 aliphatic heterocycles. The van der Waals surface area contributed by atoms with Gasteiger partial charge in [-0.05, 0) is 37.5 Å². The van der Waals surface area contributed by atoms with Gasteiger partial charge in [-0.15, -0.1) is 0 Å². The quantitative estimate of drug-likeness (QED) is 0.714. The molecule has 31 heavy (non-hydrogen) atoms. The average molecular weight is 449 g/mol. The Bertz CT molecular complexity index is 1040. The lowest BCUT2D eigenvalue weighted by Gasteiger charge is -2.45. The highest BCUT2D eigenvalue weighted by molar-refractivity contribution is 7.89. The molecular weight excluding hydrogens is 420 g/mol. The first-order valence-electron chi connectivity index (χ1n) is 10.4. The molecule has 0 saturated carbocycles. The Morgan fingerprint density at radius 3 is 2.84 bits per heavy atom. The van der Waals surface area contributed by atoms with E-state index in [-0.39, 0.29) is 11.7 Å². The van der Waals surface area contributed by atoms with Gasteiger partial charge < -0.3 is 19.4 Å². The largest absolute Gasteiger partial charge is 0.497 e. The van der Waals surface area contributed by atoms with Crippen LogP contribution in [-0.4, -0.2) is 60.2 Å². The summed E-state index contributed by atoms with van der Waals surface area (Å²) in [6.07, 6.45) is 3.79. The molecule has 1 aromatic heterocycles. The van der Waals surface area contributed by atoms with Crippen molar-refractivity contribution in [1.82, 2.24) is 19.2 Å². The van der Waals surface area contributed by atoms with E-state index < -0.39 is 21.7 Å². The van der Waals surface area contributed by atoms with E-state index in [4.69, 9.17) is 9.47 Å². The van der Waals surface area contributed by atoms with Crippen LogP contribution in [0.3, 0.4) is 0 Å². The molecule has 1 fully saturated rings. The molecule has 168 valence electrons. The lowest BCUT2D eigenvalue weighted by Crippen LogP contribution is -2.54. The summed E-state index contributed by atoms with van der Waals surface area (Å²) in [6.45, 7) is 3.08. The van der Waals surface area contributed by atoms with Crippen molar-refractivity contribution in [3.05, 3.63) is 48.0 Å². The van der Waals surface area contributed by atoms with E-state index >= 15 is 0 Å². The van der Waals surface area contributed by atoms with E-state index in [1.165, 1.54) is 4.31 Å². The molecule has 0 aliphatic carbocycles. The summed E-state index contributed by atoms with van der Waals surface area (Å²) < 4.78 is 39.5. The van der Waals surface area contributed by atoms with E-state index in [9.17, 15) is 13.2 Å². The van der Waals surface area contributed by atoms with Crippen LogP contribution in [0.1, 0.15) is 31.2 Å². The van der Waals surface area contributed by atoms with E-state index in [2.05, 4.69) is 10.3 Å². The van der Waals surface area contributed by atoms with Crippen LogP contribution in [0, 0.1) is 0 Å². The van der Waals surface area contributed by atoms with Crippen LogP contribution in [-0.2, 0) is 38.2 Å². The monoisotopic (exact) mass is 448 g/mol. The minimum atomic E-state index is -3.25. The minimum Gasteiger partial charge on any atom is -0.497 e. The Morgan fingerprint density at radius 2 is 2.13 bits per heavy atom. The molecule has 1 spiro atoms. The summed E-state index contributed by atoms with van der Waals surface area (Å²) >= 11 is 0. The molecule has 1 atom stereocenters. The Labute approximate surface area is 182 Å². The summed E-state index contributed by atoms with van der Waals surface area (Å²) in [6, 6.07) is 7.53. The van der Waals surface area contributed by atoms with Crippen LogP contribution in [0.25, 0.3) is 0 Å². The van der Waals surface area contributed by atoms with E-state index in [1.807, 2.05) is 35.0 Å². The molecule has 1 N–H and O–H groups in total. The molecule has 1 amide bonds. The van der Waals surface area contributed by atoms with Gasteiger partial charge in [0.25, 0.3) is 5.91 Å². The number of carbonyl (C=O) groups excluding carboxylic acids is 1. The van der Waals surface area contributed by atoms with Crippen LogP contribution in [0.5, 0.6) is 5.75 Å². The number of benzene rings is 1. The molecule has 10 heteroatoms. The third-order valence-corrected chi connectivity index (χ3v) is 7.92. The number of aromatic nitrogens is 2. The molecule has 1 saturated heterocycles. The smallest absolute Gasteiger partial charge is 0.251 e. The molecule has 0 radical (unpaired) electrons. The Hall–Kier alpha value is -2.43. The number of piperidine rings is 1. The maximum Gasteiger partial charge on any atom is 0.251 e. The Balaban J connectivity index is 1.47. The minimum absolute atomic E-state index is 0.0742. The van der Waals surface area contributed by atoms with Gasteiger partial charge in [0, 0.05) is 32.0 Å². The second-order valence-electron chi connectivity index (χ2n) is 7.87. The van der Waals surface area contributed by atoms with Gasteiger partial charge in [0.15, 0.2) is 6.10 Å². The second-order valence-corrected chi connectivity index (χ2v) is 10.1.